The van der Waals surface area contributed by atoms with E-state index in [0.29, 0.717) is 17.7 Å². The molecule has 0 fully saturated rings. The highest BCUT2D eigenvalue weighted by molar-refractivity contribution is 5.98. The summed E-state index contributed by atoms with van der Waals surface area (Å²) in [5.74, 6) is 0.160. The third-order valence-corrected chi connectivity index (χ3v) is 6.15. The number of carbonyl (C=O) groups excluding carboxylic acids is 2. The number of carbonyl (C=O) groups is 2. The Kier molecular flexibility index (Phi) is 7.95. The van der Waals surface area contributed by atoms with E-state index in [1.165, 1.54) is 14.2 Å². The number of ether oxygens (including phenoxy) is 2. The molecule has 0 saturated heterocycles. The summed E-state index contributed by atoms with van der Waals surface area (Å²) in [7, 11) is 2.77. The van der Waals surface area contributed by atoms with Crippen molar-refractivity contribution in [3.05, 3.63) is 102 Å². The molecule has 1 aromatic heterocycles. The van der Waals surface area contributed by atoms with E-state index in [-0.39, 0.29) is 5.97 Å². The first-order valence-corrected chi connectivity index (χ1v) is 12.1. The van der Waals surface area contributed by atoms with Gasteiger partial charge >= 0.3 is 11.9 Å². The zero-order valence-electron chi connectivity index (χ0n) is 20.9. The number of esters is 2. The molecule has 6 heteroatoms. The number of aryl methyl sites for hydroxylation is 1. The molecule has 0 bridgehead atoms. The van der Waals surface area contributed by atoms with Gasteiger partial charge in [-0.2, -0.15) is 0 Å². The Labute approximate surface area is 211 Å². The number of nitrogens with zero attached hydrogens (tertiary/aromatic N) is 2. The monoisotopic (exact) mass is 482 g/mol. The molecule has 36 heavy (non-hydrogen) atoms. The number of methoxy groups -OCH3 is 2. The summed E-state index contributed by atoms with van der Waals surface area (Å²) in [6.45, 7) is 2.68. The van der Waals surface area contributed by atoms with Crippen molar-refractivity contribution >= 4 is 11.9 Å². The van der Waals surface area contributed by atoms with Gasteiger partial charge in [-0.3, -0.25) is 0 Å². The van der Waals surface area contributed by atoms with Gasteiger partial charge in [0.05, 0.1) is 31.0 Å². The van der Waals surface area contributed by atoms with E-state index in [1.54, 1.807) is 6.07 Å². The van der Waals surface area contributed by atoms with Crippen LogP contribution >= 0.6 is 0 Å². The molecule has 0 N–H and O–H groups in total. The normalized spacial score (nSPS) is 10.8. The molecule has 1 heterocycles. The fourth-order valence-corrected chi connectivity index (χ4v) is 4.28. The van der Waals surface area contributed by atoms with Gasteiger partial charge in [-0.05, 0) is 35.2 Å². The molecule has 0 aliphatic carbocycles. The molecular weight excluding hydrogens is 452 g/mol. The van der Waals surface area contributed by atoms with Gasteiger partial charge in [0.2, 0.25) is 0 Å². The average molecular weight is 483 g/mol. The first-order chi connectivity index (χ1) is 17.5. The SMILES string of the molecule is CCCCc1nc(-c2ccccc2C(=O)OC)cn1Cc1ccc(-c2ccccc2)c(C(=O)OC)c1. The number of hydrogen-bond acceptors (Lipinski definition) is 5. The minimum atomic E-state index is -0.394. The Morgan fingerprint density at radius 1 is 0.833 bits per heavy atom. The quantitative estimate of drug-likeness (QED) is 0.266. The molecule has 6 nitrogen and oxygen atoms in total. The Hall–Kier alpha value is -4.19. The van der Waals surface area contributed by atoms with E-state index in [0.717, 1.165) is 53.0 Å². The summed E-state index contributed by atoms with van der Waals surface area (Å²) in [6, 6.07) is 23.0. The highest BCUT2D eigenvalue weighted by atomic mass is 16.5. The third-order valence-electron chi connectivity index (χ3n) is 6.15. The van der Waals surface area contributed by atoms with Crippen LogP contribution < -0.4 is 0 Å². The van der Waals surface area contributed by atoms with Gasteiger partial charge in [-0.1, -0.05) is 74.0 Å². The molecular formula is C30H30N2O4. The lowest BCUT2D eigenvalue weighted by molar-refractivity contribution is 0.0592. The van der Waals surface area contributed by atoms with Crippen molar-refractivity contribution in [2.45, 2.75) is 32.7 Å². The van der Waals surface area contributed by atoms with E-state index >= 15 is 0 Å². The first-order valence-electron chi connectivity index (χ1n) is 12.1. The summed E-state index contributed by atoms with van der Waals surface area (Å²) in [5.41, 5.74) is 5.19. The molecule has 184 valence electrons. The van der Waals surface area contributed by atoms with Crippen molar-refractivity contribution in [2.75, 3.05) is 14.2 Å². The van der Waals surface area contributed by atoms with Crippen molar-refractivity contribution < 1.29 is 19.1 Å². The maximum atomic E-state index is 12.7. The minimum Gasteiger partial charge on any atom is -0.465 e. The van der Waals surface area contributed by atoms with Crippen LogP contribution in [0.15, 0.2) is 79.0 Å². The van der Waals surface area contributed by atoms with Gasteiger partial charge < -0.3 is 14.0 Å². The third kappa shape index (κ3) is 5.38. The Morgan fingerprint density at radius 2 is 1.53 bits per heavy atom. The standard InChI is InChI=1S/C30H30N2O4/c1-4-5-15-28-31-27(24-13-9-10-14-25(24)29(33)35-2)20-32(28)19-21-16-17-23(22-11-7-6-8-12-22)26(18-21)30(34)36-3/h6-14,16-18,20H,4-5,15,19H2,1-3H3. The number of imidazole rings is 1. The van der Waals surface area contributed by atoms with Crippen LogP contribution in [0.3, 0.4) is 0 Å². The zero-order valence-corrected chi connectivity index (χ0v) is 20.9. The number of unbranched alkanes of at least 4 members (excludes halogenated alkanes) is 1. The van der Waals surface area contributed by atoms with E-state index in [4.69, 9.17) is 14.5 Å². The molecule has 4 rings (SSSR count). The zero-order chi connectivity index (χ0) is 25.5. The molecule has 0 atom stereocenters. The van der Waals surface area contributed by atoms with Crippen molar-refractivity contribution in [1.29, 1.82) is 0 Å². The van der Waals surface area contributed by atoms with Crippen LogP contribution in [0.1, 0.15) is 51.9 Å². The number of hydrogen-bond donors (Lipinski definition) is 0. The average Bonchev–Trinajstić information content (AvgIpc) is 3.33. The van der Waals surface area contributed by atoms with Crippen molar-refractivity contribution in [1.82, 2.24) is 9.55 Å². The molecule has 0 aliphatic rings. The first kappa shape index (κ1) is 24.9. The summed E-state index contributed by atoms with van der Waals surface area (Å²) in [5, 5.41) is 0. The summed E-state index contributed by atoms with van der Waals surface area (Å²) >= 11 is 0. The predicted molar refractivity (Wildman–Crippen MR) is 140 cm³/mol. The number of benzene rings is 3. The molecule has 0 saturated carbocycles. The Balaban J connectivity index is 1.74. The lowest BCUT2D eigenvalue weighted by atomic mass is 9.97. The van der Waals surface area contributed by atoms with Crippen LogP contribution in [0.25, 0.3) is 22.4 Å². The van der Waals surface area contributed by atoms with Crippen LogP contribution in [0.4, 0.5) is 0 Å². The van der Waals surface area contributed by atoms with Gasteiger partial charge in [0.15, 0.2) is 0 Å². The lowest BCUT2D eigenvalue weighted by Crippen LogP contribution is -2.08. The smallest absolute Gasteiger partial charge is 0.338 e. The molecule has 3 aromatic carbocycles. The maximum Gasteiger partial charge on any atom is 0.338 e. The van der Waals surface area contributed by atoms with Crippen molar-refractivity contribution in [3.63, 3.8) is 0 Å². The fraction of sp³-hybridized carbons (Fsp3) is 0.233. The largest absolute Gasteiger partial charge is 0.465 e. The highest BCUT2D eigenvalue weighted by Gasteiger charge is 2.18. The van der Waals surface area contributed by atoms with E-state index in [2.05, 4.69) is 11.5 Å². The second-order valence-corrected chi connectivity index (χ2v) is 8.55. The van der Waals surface area contributed by atoms with Crippen LogP contribution in [0, 0.1) is 0 Å². The Morgan fingerprint density at radius 3 is 2.25 bits per heavy atom. The molecule has 0 amide bonds. The summed E-state index contributed by atoms with van der Waals surface area (Å²) in [6.07, 6.45) is 4.81. The lowest BCUT2D eigenvalue weighted by Gasteiger charge is -2.12. The van der Waals surface area contributed by atoms with Crippen LogP contribution in [0.2, 0.25) is 0 Å². The molecule has 0 aliphatic heterocycles. The van der Waals surface area contributed by atoms with E-state index < -0.39 is 5.97 Å². The van der Waals surface area contributed by atoms with Gasteiger partial charge in [0.25, 0.3) is 0 Å². The second-order valence-electron chi connectivity index (χ2n) is 8.55. The van der Waals surface area contributed by atoms with Gasteiger partial charge in [0, 0.05) is 24.7 Å². The van der Waals surface area contributed by atoms with Gasteiger partial charge in [-0.15, -0.1) is 0 Å². The predicted octanol–water partition coefficient (Wildman–Crippen LogP) is 6.18. The topological polar surface area (TPSA) is 70.4 Å². The maximum absolute atomic E-state index is 12.7. The van der Waals surface area contributed by atoms with Crippen LogP contribution in [-0.4, -0.2) is 35.7 Å². The second kappa shape index (κ2) is 11.5. The highest BCUT2D eigenvalue weighted by Crippen LogP contribution is 2.28. The van der Waals surface area contributed by atoms with Crippen molar-refractivity contribution in [3.8, 4) is 22.4 Å². The minimum absolute atomic E-state index is 0.375. The number of aromatic nitrogens is 2. The van der Waals surface area contributed by atoms with E-state index in [9.17, 15) is 9.59 Å². The molecule has 0 radical (unpaired) electrons. The number of rotatable bonds is 9. The fourth-order valence-electron chi connectivity index (χ4n) is 4.28. The summed E-state index contributed by atoms with van der Waals surface area (Å²) < 4.78 is 12.2. The van der Waals surface area contributed by atoms with Crippen LogP contribution in [-0.2, 0) is 22.4 Å². The van der Waals surface area contributed by atoms with Crippen LogP contribution in [0.5, 0.6) is 0 Å². The van der Waals surface area contributed by atoms with Gasteiger partial charge in [0.1, 0.15) is 5.82 Å². The molecule has 0 unspecified atom stereocenters. The van der Waals surface area contributed by atoms with Gasteiger partial charge in [-0.25, -0.2) is 14.6 Å². The molecule has 0 spiro atoms. The summed E-state index contributed by atoms with van der Waals surface area (Å²) in [4.78, 5) is 29.9. The van der Waals surface area contributed by atoms with E-state index in [1.807, 2.05) is 72.9 Å². The van der Waals surface area contributed by atoms with Crippen molar-refractivity contribution in [2.24, 2.45) is 0 Å². The Bertz CT molecular complexity index is 1360. The molecule has 4 aromatic rings.